The number of carbonyl (C=O) groups excluding carboxylic acids is 1. The molecule has 1 heterocycles. The fourth-order valence-electron chi connectivity index (χ4n) is 2.81. The van der Waals surface area contributed by atoms with E-state index in [9.17, 15) is 14.7 Å². The second-order valence-corrected chi connectivity index (χ2v) is 5.86. The molecule has 0 bridgehead atoms. The van der Waals surface area contributed by atoms with Crippen LogP contribution in [0.3, 0.4) is 0 Å². The highest BCUT2D eigenvalue weighted by Crippen LogP contribution is 2.31. The third-order valence-electron chi connectivity index (χ3n) is 4.13. The Bertz CT molecular complexity index is 1010. The number of aryl methyl sites for hydroxylation is 1. The maximum absolute atomic E-state index is 12.0. The SMILES string of the molecule is CNC(=O)[C@H](CO)Oc1ccc2c(-c3ccccc3C)cc(=O)oc2c1. The van der Waals surface area contributed by atoms with E-state index in [-0.39, 0.29) is 0 Å². The average molecular weight is 353 g/mol. The van der Waals surface area contributed by atoms with Crippen molar-refractivity contribution in [3.63, 3.8) is 0 Å². The summed E-state index contributed by atoms with van der Waals surface area (Å²) < 4.78 is 10.8. The zero-order chi connectivity index (χ0) is 18.7. The molecule has 0 aliphatic rings. The molecule has 1 aromatic heterocycles. The highest BCUT2D eigenvalue weighted by atomic mass is 16.5. The van der Waals surface area contributed by atoms with Crippen LogP contribution in [0.4, 0.5) is 0 Å². The summed E-state index contributed by atoms with van der Waals surface area (Å²) in [6, 6.07) is 14.2. The summed E-state index contributed by atoms with van der Waals surface area (Å²) in [5.74, 6) is -0.118. The van der Waals surface area contributed by atoms with Gasteiger partial charge in [-0.05, 0) is 30.2 Å². The molecule has 0 radical (unpaired) electrons. The number of ether oxygens (including phenoxy) is 1. The number of nitrogens with one attached hydrogen (secondary N) is 1. The van der Waals surface area contributed by atoms with Crippen LogP contribution in [0.2, 0.25) is 0 Å². The minimum absolute atomic E-state index is 0.324. The zero-order valence-electron chi connectivity index (χ0n) is 14.5. The highest BCUT2D eigenvalue weighted by molar-refractivity contribution is 5.94. The van der Waals surface area contributed by atoms with Gasteiger partial charge < -0.3 is 19.6 Å². The van der Waals surface area contributed by atoms with Crippen molar-refractivity contribution in [1.82, 2.24) is 5.32 Å². The Balaban J connectivity index is 2.08. The van der Waals surface area contributed by atoms with Crippen molar-refractivity contribution in [3.8, 4) is 16.9 Å². The molecule has 2 N–H and O–H groups in total. The van der Waals surface area contributed by atoms with E-state index in [1.165, 1.54) is 13.1 Å². The number of amides is 1. The van der Waals surface area contributed by atoms with Gasteiger partial charge in [0.1, 0.15) is 11.3 Å². The number of aliphatic hydroxyl groups is 1. The first-order valence-corrected chi connectivity index (χ1v) is 8.16. The predicted octanol–water partition coefficient (Wildman–Crippen LogP) is 2.25. The maximum atomic E-state index is 12.0. The van der Waals surface area contributed by atoms with E-state index >= 15 is 0 Å². The number of fused-ring (bicyclic) bond motifs is 1. The Labute approximate surface area is 150 Å². The van der Waals surface area contributed by atoms with Crippen LogP contribution in [0, 0.1) is 6.92 Å². The summed E-state index contributed by atoms with van der Waals surface area (Å²) >= 11 is 0. The number of likely N-dealkylation sites (N-methyl/N-ethyl adjacent to an activating group) is 1. The van der Waals surface area contributed by atoms with Crippen molar-refractivity contribution < 1.29 is 19.1 Å². The molecule has 3 aromatic rings. The molecule has 0 aliphatic carbocycles. The Kier molecular flexibility index (Phi) is 5.04. The number of benzene rings is 2. The summed E-state index contributed by atoms with van der Waals surface area (Å²) in [7, 11) is 1.46. The lowest BCUT2D eigenvalue weighted by Crippen LogP contribution is -2.38. The smallest absolute Gasteiger partial charge is 0.336 e. The fraction of sp³-hybridized carbons (Fsp3) is 0.200. The topological polar surface area (TPSA) is 88.8 Å². The minimum Gasteiger partial charge on any atom is -0.478 e. The monoisotopic (exact) mass is 353 g/mol. The first kappa shape index (κ1) is 17.7. The van der Waals surface area contributed by atoms with E-state index in [1.54, 1.807) is 18.2 Å². The van der Waals surface area contributed by atoms with E-state index in [4.69, 9.17) is 9.15 Å². The summed E-state index contributed by atoms with van der Waals surface area (Å²) in [5, 5.41) is 12.5. The maximum Gasteiger partial charge on any atom is 0.336 e. The molecule has 26 heavy (non-hydrogen) atoms. The number of rotatable bonds is 5. The molecule has 1 atom stereocenters. The molecule has 134 valence electrons. The van der Waals surface area contributed by atoms with Crippen LogP contribution in [-0.4, -0.2) is 30.8 Å². The minimum atomic E-state index is -1.04. The molecular weight excluding hydrogens is 334 g/mol. The van der Waals surface area contributed by atoms with E-state index in [2.05, 4.69) is 5.32 Å². The van der Waals surface area contributed by atoms with Crippen molar-refractivity contribution in [2.45, 2.75) is 13.0 Å². The lowest BCUT2D eigenvalue weighted by Gasteiger charge is -2.16. The molecule has 0 aliphatic heterocycles. The molecule has 2 aromatic carbocycles. The van der Waals surface area contributed by atoms with Crippen LogP contribution in [0.1, 0.15) is 5.56 Å². The highest BCUT2D eigenvalue weighted by Gasteiger charge is 2.18. The van der Waals surface area contributed by atoms with Crippen LogP contribution in [0.15, 0.2) is 57.7 Å². The molecule has 3 rings (SSSR count). The second-order valence-electron chi connectivity index (χ2n) is 5.86. The molecule has 1 amide bonds. The summed E-state index contributed by atoms with van der Waals surface area (Å²) in [4.78, 5) is 23.7. The number of hydrogen-bond donors (Lipinski definition) is 2. The van der Waals surface area contributed by atoms with Gasteiger partial charge in [0.25, 0.3) is 5.91 Å². The van der Waals surface area contributed by atoms with Crippen LogP contribution >= 0.6 is 0 Å². The van der Waals surface area contributed by atoms with Gasteiger partial charge in [0.05, 0.1) is 6.61 Å². The number of hydrogen-bond acceptors (Lipinski definition) is 5. The number of aliphatic hydroxyl groups excluding tert-OH is 1. The van der Waals surface area contributed by atoms with Crippen LogP contribution in [-0.2, 0) is 4.79 Å². The van der Waals surface area contributed by atoms with Gasteiger partial charge in [-0.2, -0.15) is 0 Å². The van der Waals surface area contributed by atoms with Gasteiger partial charge in [0.15, 0.2) is 6.10 Å². The molecule has 0 spiro atoms. The third-order valence-corrected chi connectivity index (χ3v) is 4.13. The largest absolute Gasteiger partial charge is 0.478 e. The van der Waals surface area contributed by atoms with E-state index in [0.29, 0.717) is 11.3 Å². The fourth-order valence-corrected chi connectivity index (χ4v) is 2.81. The van der Waals surface area contributed by atoms with E-state index in [0.717, 1.165) is 22.1 Å². The van der Waals surface area contributed by atoms with Gasteiger partial charge in [-0.25, -0.2) is 4.79 Å². The lowest BCUT2D eigenvalue weighted by atomic mass is 9.98. The molecule has 0 unspecified atom stereocenters. The quantitative estimate of drug-likeness (QED) is 0.687. The van der Waals surface area contributed by atoms with Crippen molar-refractivity contribution in [1.29, 1.82) is 0 Å². The van der Waals surface area contributed by atoms with Crippen LogP contribution in [0.25, 0.3) is 22.1 Å². The molecule has 6 nitrogen and oxygen atoms in total. The van der Waals surface area contributed by atoms with Gasteiger partial charge in [-0.15, -0.1) is 0 Å². The third kappa shape index (κ3) is 3.45. The van der Waals surface area contributed by atoms with Crippen molar-refractivity contribution >= 4 is 16.9 Å². The van der Waals surface area contributed by atoms with Gasteiger partial charge in [-0.1, -0.05) is 24.3 Å². The molecular formula is C20H19NO5. The predicted molar refractivity (Wildman–Crippen MR) is 98.2 cm³/mol. The lowest BCUT2D eigenvalue weighted by molar-refractivity contribution is -0.129. The zero-order valence-corrected chi connectivity index (χ0v) is 14.5. The van der Waals surface area contributed by atoms with Crippen molar-refractivity contribution in [3.05, 3.63) is 64.5 Å². The molecule has 0 saturated carbocycles. The standard InChI is InChI=1S/C20H19NO5/c1-12-5-3-4-6-14(12)16-10-19(23)26-17-9-13(7-8-15(16)17)25-18(11-22)20(24)21-2/h3-10,18,22H,11H2,1-2H3,(H,21,24)/t18-/m0/s1. The molecule has 0 saturated heterocycles. The van der Waals surface area contributed by atoms with Crippen molar-refractivity contribution in [2.24, 2.45) is 0 Å². The summed E-state index contributed by atoms with van der Waals surface area (Å²) in [5.41, 5.74) is 2.63. The normalized spacial score (nSPS) is 12.0. The van der Waals surface area contributed by atoms with Crippen LogP contribution in [0.5, 0.6) is 5.75 Å². The first-order chi connectivity index (χ1) is 12.5. The Morgan fingerprint density at radius 1 is 1.19 bits per heavy atom. The summed E-state index contributed by atoms with van der Waals surface area (Å²) in [6.07, 6.45) is -1.04. The van der Waals surface area contributed by atoms with Gasteiger partial charge >= 0.3 is 5.63 Å². The Morgan fingerprint density at radius 2 is 1.96 bits per heavy atom. The first-order valence-electron chi connectivity index (χ1n) is 8.16. The Morgan fingerprint density at radius 3 is 2.65 bits per heavy atom. The Hall–Kier alpha value is -3.12. The molecule has 0 fully saturated rings. The molecule has 6 heteroatoms. The second kappa shape index (κ2) is 7.41. The summed E-state index contributed by atoms with van der Waals surface area (Å²) in [6.45, 7) is 1.51. The van der Waals surface area contributed by atoms with Crippen LogP contribution < -0.4 is 15.7 Å². The van der Waals surface area contributed by atoms with Crippen molar-refractivity contribution in [2.75, 3.05) is 13.7 Å². The van der Waals surface area contributed by atoms with Gasteiger partial charge in [0, 0.05) is 30.1 Å². The van der Waals surface area contributed by atoms with Gasteiger partial charge in [-0.3, -0.25) is 4.79 Å². The number of carbonyl (C=O) groups is 1. The van der Waals surface area contributed by atoms with E-state index in [1.807, 2.05) is 31.2 Å². The average Bonchev–Trinajstić information content (AvgIpc) is 2.65. The van der Waals surface area contributed by atoms with E-state index < -0.39 is 24.2 Å². The van der Waals surface area contributed by atoms with Gasteiger partial charge in [0.2, 0.25) is 0 Å².